The zero-order valence-corrected chi connectivity index (χ0v) is 22.4. The maximum Gasteiger partial charge on any atom is 0.222 e. The van der Waals surface area contributed by atoms with Crippen molar-refractivity contribution in [3.8, 4) is 22.9 Å². The van der Waals surface area contributed by atoms with Crippen LogP contribution in [0.15, 0.2) is 84.9 Å². The van der Waals surface area contributed by atoms with Gasteiger partial charge in [0.25, 0.3) is 0 Å². The van der Waals surface area contributed by atoms with E-state index in [0.29, 0.717) is 42.3 Å². The van der Waals surface area contributed by atoms with E-state index in [-0.39, 0.29) is 6.61 Å². The van der Waals surface area contributed by atoms with E-state index >= 15 is 0 Å². The van der Waals surface area contributed by atoms with E-state index in [0.717, 1.165) is 28.9 Å². The van der Waals surface area contributed by atoms with Crippen molar-refractivity contribution >= 4 is 11.6 Å². The predicted octanol–water partition coefficient (Wildman–Crippen LogP) is 6.32. The Morgan fingerprint density at radius 2 is 1.68 bits per heavy atom. The Balaban J connectivity index is 1.35. The quantitative estimate of drug-likeness (QED) is 0.219. The molecule has 0 amide bonds. The summed E-state index contributed by atoms with van der Waals surface area (Å²) >= 11 is 6.09. The minimum absolute atomic E-state index is 0.281. The third-order valence-electron chi connectivity index (χ3n) is 6.65. The molecule has 5 rings (SSSR count). The molecule has 198 valence electrons. The maximum absolute atomic E-state index is 10.9. The average molecular weight is 532 g/mol. The van der Waals surface area contributed by atoms with Crippen LogP contribution in [-0.2, 0) is 24.9 Å². The summed E-state index contributed by atoms with van der Waals surface area (Å²) in [7, 11) is 1.90. The number of hydrogen-bond acceptors (Lipinski definition) is 5. The van der Waals surface area contributed by atoms with Crippen molar-refractivity contribution in [1.82, 2.24) is 14.7 Å². The molecule has 0 aliphatic heterocycles. The maximum atomic E-state index is 10.9. The molecule has 6 nitrogen and oxygen atoms in total. The first-order valence-corrected chi connectivity index (χ1v) is 13.5. The molecule has 0 saturated heterocycles. The lowest BCUT2D eigenvalue weighted by atomic mass is 10.1. The van der Waals surface area contributed by atoms with Gasteiger partial charge in [-0.1, -0.05) is 72.3 Å². The van der Waals surface area contributed by atoms with Crippen LogP contribution in [-0.4, -0.2) is 45.6 Å². The van der Waals surface area contributed by atoms with E-state index in [4.69, 9.17) is 26.2 Å². The zero-order valence-electron chi connectivity index (χ0n) is 21.7. The van der Waals surface area contributed by atoms with Gasteiger partial charge in [-0.15, -0.1) is 0 Å². The Hall–Kier alpha value is -3.16. The lowest BCUT2D eigenvalue weighted by molar-refractivity contribution is 0.00774. The van der Waals surface area contributed by atoms with Gasteiger partial charge in [0.1, 0.15) is 11.4 Å². The first kappa shape index (κ1) is 26.4. The Morgan fingerprint density at radius 3 is 2.37 bits per heavy atom. The van der Waals surface area contributed by atoms with Crippen molar-refractivity contribution in [2.75, 3.05) is 19.7 Å². The molecule has 1 aliphatic carbocycles. The first-order valence-electron chi connectivity index (χ1n) is 13.1. The molecule has 1 saturated carbocycles. The second-order valence-electron chi connectivity index (χ2n) is 9.97. The number of rotatable bonds is 13. The molecule has 38 heavy (non-hydrogen) atoms. The minimum atomic E-state index is -0.602. The highest BCUT2D eigenvalue weighted by Crippen LogP contribution is 2.36. The van der Waals surface area contributed by atoms with Gasteiger partial charge in [0.05, 0.1) is 24.9 Å². The third kappa shape index (κ3) is 7.23. The van der Waals surface area contributed by atoms with E-state index in [1.807, 2.05) is 79.8 Å². The molecule has 0 spiro atoms. The van der Waals surface area contributed by atoms with Gasteiger partial charge in [-0.2, -0.15) is 5.10 Å². The highest BCUT2D eigenvalue weighted by molar-refractivity contribution is 6.30. The van der Waals surface area contributed by atoms with E-state index in [2.05, 4.69) is 17.0 Å². The largest absolute Gasteiger partial charge is 0.439 e. The van der Waals surface area contributed by atoms with Crippen LogP contribution in [0.1, 0.15) is 24.0 Å². The van der Waals surface area contributed by atoms with Crippen molar-refractivity contribution < 1.29 is 14.6 Å². The smallest absolute Gasteiger partial charge is 0.222 e. The first-order chi connectivity index (χ1) is 18.5. The fraction of sp³-hybridized carbons (Fsp3) is 0.323. The zero-order chi connectivity index (χ0) is 26.3. The number of benzene rings is 3. The van der Waals surface area contributed by atoms with Gasteiger partial charge < -0.3 is 14.6 Å². The fourth-order valence-electron chi connectivity index (χ4n) is 4.60. The topological polar surface area (TPSA) is 59.8 Å². The monoisotopic (exact) mass is 531 g/mol. The molecule has 0 bridgehead atoms. The van der Waals surface area contributed by atoms with Crippen LogP contribution in [0.25, 0.3) is 11.3 Å². The summed E-state index contributed by atoms with van der Waals surface area (Å²) in [5.41, 5.74) is 4.00. The number of aromatic nitrogens is 2. The molecule has 1 aromatic heterocycles. The van der Waals surface area contributed by atoms with E-state index < -0.39 is 6.10 Å². The van der Waals surface area contributed by atoms with E-state index in [1.54, 1.807) is 4.68 Å². The summed E-state index contributed by atoms with van der Waals surface area (Å²) in [5, 5.41) is 16.4. The Kier molecular flexibility index (Phi) is 8.76. The van der Waals surface area contributed by atoms with Crippen LogP contribution in [0.5, 0.6) is 11.6 Å². The lowest BCUT2D eigenvalue weighted by Gasteiger charge is -2.25. The average Bonchev–Trinajstić information content (AvgIpc) is 3.70. The molecule has 1 fully saturated rings. The number of hydrogen-bond donors (Lipinski definition) is 1. The lowest BCUT2D eigenvalue weighted by Crippen LogP contribution is -2.36. The van der Waals surface area contributed by atoms with Crippen molar-refractivity contribution in [1.29, 1.82) is 0 Å². The SMILES string of the molecule is Cn1nc(-c2ccccc2)c(CN(CC2CC2)C[C@@H](O)COCc2ccccc2)c1Oc1ccc(Cl)cc1. The normalized spacial score (nSPS) is 14.1. The standard InChI is InChI=1S/C31H34ClN3O3/c1-34-31(38-28-16-14-26(32)15-17-28)29(30(33-34)25-10-6-3-7-11-25)20-35(18-23-12-13-23)19-27(36)22-37-21-24-8-4-2-5-9-24/h2-11,14-17,23,27,36H,12-13,18-22H2,1H3/t27-/m1/s1. The molecular formula is C31H34ClN3O3. The van der Waals surface area contributed by atoms with E-state index in [1.165, 1.54) is 12.8 Å². The second-order valence-corrected chi connectivity index (χ2v) is 10.4. The molecule has 1 heterocycles. The molecule has 7 heteroatoms. The van der Waals surface area contributed by atoms with Crippen molar-refractivity contribution in [2.45, 2.75) is 32.1 Å². The number of nitrogens with zero attached hydrogens (tertiary/aromatic N) is 3. The summed E-state index contributed by atoms with van der Waals surface area (Å²) in [6.45, 7) is 2.80. The van der Waals surface area contributed by atoms with Gasteiger partial charge in [-0.05, 0) is 48.6 Å². The number of aliphatic hydroxyl groups excluding tert-OH is 1. The van der Waals surface area contributed by atoms with Crippen LogP contribution < -0.4 is 4.74 Å². The number of ether oxygens (including phenoxy) is 2. The van der Waals surface area contributed by atoms with Gasteiger partial charge in [0, 0.05) is 37.3 Å². The molecule has 0 radical (unpaired) electrons. The molecule has 3 aromatic carbocycles. The Labute approximate surface area is 229 Å². The Morgan fingerprint density at radius 1 is 1.00 bits per heavy atom. The number of aliphatic hydroxyl groups is 1. The summed E-state index contributed by atoms with van der Waals surface area (Å²) in [6.07, 6.45) is 1.85. The number of halogens is 1. The molecule has 1 aliphatic rings. The van der Waals surface area contributed by atoms with Crippen LogP contribution in [0, 0.1) is 5.92 Å². The van der Waals surface area contributed by atoms with Crippen molar-refractivity contribution in [2.24, 2.45) is 13.0 Å². The predicted molar refractivity (Wildman–Crippen MR) is 150 cm³/mol. The van der Waals surface area contributed by atoms with Crippen molar-refractivity contribution in [3.63, 3.8) is 0 Å². The van der Waals surface area contributed by atoms with Gasteiger partial charge in [-0.25, -0.2) is 4.68 Å². The summed E-state index contributed by atoms with van der Waals surface area (Å²) in [4.78, 5) is 2.31. The van der Waals surface area contributed by atoms with Crippen LogP contribution in [0.4, 0.5) is 0 Å². The van der Waals surface area contributed by atoms with Crippen LogP contribution in [0.2, 0.25) is 5.02 Å². The summed E-state index contributed by atoms with van der Waals surface area (Å²) < 4.78 is 14.0. The van der Waals surface area contributed by atoms with E-state index in [9.17, 15) is 5.11 Å². The van der Waals surface area contributed by atoms with Gasteiger partial charge in [-0.3, -0.25) is 4.90 Å². The fourth-order valence-corrected chi connectivity index (χ4v) is 4.72. The van der Waals surface area contributed by atoms with Crippen molar-refractivity contribution in [3.05, 3.63) is 101 Å². The Bertz CT molecular complexity index is 1290. The number of aryl methyl sites for hydroxylation is 1. The highest BCUT2D eigenvalue weighted by Gasteiger charge is 2.28. The van der Waals surface area contributed by atoms with Gasteiger partial charge in [0.2, 0.25) is 5.88 Å². The van der Waals surface area contributed by atoms with Gasteiger partial charge >= 0.3 is 0 Å². The summed E-state index contributed by atoms with van der Waals surface area (Å²) in [5.74, 6) is 2.04. The van der Waals surface area contributed by atoms with Crippen LogP contribution in [0.3, 0.4) is 0 Å². The van der Waals surface area contributed by atoms with Gasteiger partial charge in [0.15, 0.2) is 0 Å². The molecule has 0 unspecified atom stereocenters. The second kappa shape index (κ2) is 12.6. The van der Waals surface area contributed by atoms with Crippen LogP contribution >= 0.6 is 11.6 Å². The minimum Gasteiger partial charge on any atom is -0.439 e. The molecular weight excluding hydrogens is 498 g/mol. The molecule has 1 atom stereocenters. The third-order valence-corrected chi connectivity index (χ3v) is 6.90. The summed E-state index contributed by atoms with van der Waals surface area (Å²) in [6, 6.07) is 27.5. The molecule has 4 aromatic rings. The highest BCUT2D eigenvalue weighted by atomic mass is 35.5. The molecule has 1 N–H and O–H groups in total.